The number of rotatable bonds is 5. The molecule has 0 saturated carbocycles. The van der Waals surface area contributed by atoms with Gasteiger partial charge >= 0.3 is 0 Å². The second kappa shape index (κ2) is 10.6. The molecule has 0 aromatic heterocycles. The quantitative estimate of drug-likeness (QED) is 0.493. The fraction of sp³-hybridized carbons (Fsp3) is 0.520. The van der Waals surface area contributed by atoms with E-state index in [0.717, 1.165) is 29.9 Å². The molecular formula is C25H31BrCl2N2O3. The molecule has 4 rings (SSSR count). The van der Waals surface area contributed by atoms with Crippen LogP contribution in [0.25, 0.3) is 0 Å². The van der Waals surface area contributed by atoms with Gasteiger partial charge in [0.05, 0.1) is 10.0 Å². The highest BCUT2D eigenvalue weighted by Crippen LogP contribution is 2.50. The Kier molecular flexibility index (Phi) is 8.50. The third kappa shape index (κ3) is 5.25. The first-order valence-electron chi connectivity index (χ1n) is 11.1. The van der Waals surface area contributed by atoms with Gasteiger partial charge in [0.25, 0.3) is 0 Å². The summed E-state index contributed by atoms with van der Waals surface area (Å²) in [5.74, 6) is 0.901. The van der Waals surface area contributed by atoms with Crippen molar-refractivity contribution in [1.29, 1.82) is 0 Å². The van der Waals surface area contributed by atoms with E-state index in [4.69, 9.17) is 27.9 Å². The molecule has 8 heteroatoms. The molecule has 1 aromatic rings. The van der Waals surface area contributed by atoms with E-state index >= 15 is 0 Å². The average molecular weight is 558 g/mol. The second-order valence-corrected chi connectivity index (χ2v) is 10.4. The molecule has 5 nitrogen and oxygen atoms in total. The van der Waals surface area contributed by atoms with Gasteiger partial charge in [0.2, 0.25) is 0 Å². The van der Waals surface area contributed by atoms with Crippen LogP contribution in [0.5, 0.6) is 0 Å². The lowest BCUT2D eigenvalue weighted by Gasteiger charge is -2.40. The zero-order valence-corrected chi connectivity index (χ0v) is 22.7. The first-order valence-corrected chi connectivity index (χ1v) is 11.9. The van der Waals surface area contributed by atoms with Crippen molar-refractivity contribution in [2.45, 2.75) is 31.6 Å². The van der Waals surface area contributed by atoms with Crippen LogP contribution >= 0.6 is 40.2 Å². The van der Waals surface area contributed by atoms with Crippen molar-refractivity contribution in [1.82, 2.24) is 9.80 Å². The summed E-state index contributed by atoms with van der Waals surface area (Å²) < 4.78 is 6.28. The number of hydrogen-bond acceptors (Lipinski definition) is 5. The molecule has 0 amide bonds. The third-order valence-corrected chi connectivity index (χ3v) is 7.32. The number of ketones is 2. The molecule has 0 fully saturated rings. The molecule has 3 aliphatic rings. The summed E-state index contributed by atoms with van der Waals surface area (Å²) >= 11 is 12.6. The number of benzene rings is 1. The minimum atomic E-state index is -0.460. The van der Waals surface area contributed by atoms with Gasteiger partial charge < -0.3 is 14.5 Å². The number of allylic oxidation sites excluding steroid dienone is 4. The van der Waals surface area contributed by atoms with Gasteiger partial charge in [-0.1, -0.05) is 29.3 Å². The van der Waals surface area contributed by atoms with Crippen molar-refractivity contribution in [2.75, 3.05) is 41.3 Å². The van der Waals surface area contributed by atoms with Crippen LogP contribution in [-0.4, -0.2) is 62.6 Å². The molecular weight excluding hydrogens is 527 g/mol. The molecule has 2 unspecified atom stereocenters. The summed E-state index contributed by atoms with van der Waals surface area (Å²) in [6.45, 7) is 1.35. The number of nitrogens with zero attached hydrogens (tertiary/aromatic N) is 2. The summed E-state index contributed by atoms with van der Waals surface area (Å²) in [5.41, 5.74) is 2.07. The Morgan fingerprint density at radius 3 is 1.76 bits per heavy atom. The summed E-state index contributed by atoms with van der Waals surface area (Å²) in [4.78, 5) is 31.5. The topological polar surface area (TPSA) is 49.9 Å². The zero-order chi connectivity index (χ0) is 23.2. The van der Waals surface area contributed by atoms with Crippen LogP contribution in [0.15, 0.2) is 40.9 Å². The highest BCUT2D eigenvalue weighted by atomic mass is 79.9. The SMILES string of the molecule is Br.CN(C)CC1CCC2=C(C1=O)C(c1ccc(Cl)c(Cl)c1)C1=C(CCC(CN(C)C)C1=O)O2. The van der Waals surface area contributed by atoms with Gasteiger partial charge in [-0.2, -0.15) is 0 Å². The largest absolute Gasteiger partial charge is 0.465 e. The maximum atomic E-state index is 13.7. The summed E-state index contributed by atoms with van der Waals surface area (Å²) in [6.07, 6.45) is 2.90. The fourth-order valence-electron chi connectivity index (χ4n) is 5.22. The number of halogens is 3. The van der Waals surface area contributed by atoms with Gasteiger partial charge in [-0.15, -0.1) is 17.0 Å². The Hall–Kier alpha value is -1.18. The minimum Gasteiger partial charge on any atom is -0.465 e. The second-order valence-electron chi connectivity index (χ2n) is 9.61. The van der Waals surface area contributed by atoms with E-state index in [-0.39, 0.29) is 40.4 Å². The lowest BCUT2D eigenvalue weighted by Crippen LogP contribution is -2.40. The van der Waals surface area contributed by atoms with Gasteiger partial charge in [0.1, 0.15) is 11.5 Å². The van der Waals surface area contributed by atoms with Gasteiger partial charge in [0, 0.05) is 54.8 Å². The van der Waals surface area contributed by atoms with Crippen LogP contribution in [0.2, 0.25) is 10.0 Å². The zero-order valence-electron chi connectivity index (χ0n) is 19.5. The van der Waals surface area contributed by atoms with Crippen molar-refractivity contribution >= 4 is 51.7 Å². The Bertz CT molecular complexity index is 965. The predicted octanol–water partition coefficient (Wildman–Crippen LogP) is 5.27. The molecule has 2 aliphatic carbocycles. The lowest BCUT2D eigenvalue weighted by molar-refractivity contribution is -0.122. The van der Waals surface area contributed by atoms with Crippen LogP contribution in [0, 0.1) is 11.8 Å². The van der Waals surface area contributed by atoms with Gasteiger partial charge in [-0.3, -0.25) is 9.59 Å². The first-order chi connectivity index (χ1) is 15.2. The summed E-state index contributed by atoms with van der Waals surface area (Å²) in [5, 5.41) is 0.868. The van der Waals surface area contributed by atoms with Crippen LogP contribution < -0.4 is 0 Å². The number of carbonyl (C=O) groups excluding carboxylic acids is 2. The number of ether oxygens (including phenoxy) is 1. The monoisotopic (exact) mass is 556 g/mol. The van der Waals surface area contributed by atoms with E-state index in [1.54, 1.807) is 12.1 Å². The van der Waals surface area contributed by atoms with Crippen LogP contribution in [-0.2, 0) is 14.3 Å². The Morgan fingerprint density at radius 1 is 0.848 bits per heavy atom. The predicted molar refractivity (Wildman–Crippen MR) is 137 cm³/mol. The normalized spacial score (nSPS) is 25.2. The highest BCUT2D eigenvalue weighted by Gasteiger charge is 2.46. The molecule has 33 heavy (non-hydrogen) atoms. The van der Waals surface area contributed by atoms with Crippen LogP contribution in [0.1, 0.15) is 37.2 Å². The van der Waals surface area contributed by atoms with Gasteiger partial charge in [0.15, 0.2) is 11.6 Å². The highest BCUT2D eigenvalue weighted by molar-refractivity contribution is 8.93. The molecule has 2 atom stereocenters. The van der Waals surface area contributed by atoms with Crippen molar-refractivity contribution in [3.63, 3.8) is 0 Å². The van der Waals surface area contributed by atoms with E-state index in [0.29, 0.717) is 47.1 Å². The van der Waals surface area contributed by atoms with Crippen molar-refractivity contribution < 1.29 is 14.3 Å². The smallest absolute Gasteiger partial charge is 0.167 e. The van der Waals surface area contributed by atoms with E-state index in [1.807, 2.05) is 44.1 Å². The van der Waals surface area contributed by atoms with Crippen LogP contribution in [0.4, 0.5) is 0 Å². The first kappa shape index (κ1) is 26.4. The van der Waals surface area contributed by atoms with Crippen LogP contribution in [0.3, 0.4) is 0 Å². The molecule has 0 N–H and O–H groups in total. The van der Waals surface area contributed by atoms with E-state index in [1.165, 1.54) is 0 Å². The minimum absolute atomic E-state index is 0. The number of hydrogen-bond donors (Lipinski definition) is 0. The van der Waals surface area contributed by atoms with Gasteiger partial charge in [-0.05, 0) is 58.7 Å². The maximum absolute atomic E-state index is 13.7. The molecule has 0 bridgehead atoms. The van der Waals surface area contributed by atoms with Crippen molar-refractivity contribution in [3.8, 4) is 0 Å². The molecule has 1 aliphatic heterocycles. The Balaban J connectivity index is 0.00000306. The molecule has 0 saturated heterocycles. The lowest BCUT2D eigenvalue weighted by atomic mass is 9.69. The molecule has 0 radical (unpaired) electrons. The Labute approximate surface area is 216 Å². The Morgan fingerprint density at radius 2 is 1.33 bits per heavy atom. The summed E-state index contributed by atoms with van der Waals surface area (Å²) in [7, 11) is 7.90. The standard InChI is InChI=1S/C25H30Cl2N2O3.BrH/c1-28(2)12-15-6-9-19-22(24(15)30)21(14-5-8-17(26)18(27)11-14)23-20(32-19)10-7-16(25(23)31)13-29(3)4;/h5,8,11,15-16,21H,6-7,9-10,12-13H2,1-4H3;1H. The van der Waals surface area contributed by atoms with E-state index in [2.05, 4.69) is 0 Å². The molecule has 1 aromatic carbocycles. The van der Waals surface area contributed by atoms with Gasteiger partial charge in [-0.25, -0.2) is 0 Å². The third-order valence-electron chi connectivity index (χ3n) is 6.58. The number of Topliss-reactive ketones (excluding diaryl/α,β-unsaturated/α-hetero) is 2. The van der Waals surface area contributed by atoms with Crippen molar-refractivity contribution in [3.05, 3.63) is 56.5 Å². The van der Waals surface area contributed by atoms with E-state index in [9.17, 15) is 9.59 Å². The number of carbonyl (C=O) groups is 2. The molecule has 0 spiro atoms. The molecule has 180 valence electrons. The van der Waals surface area contributed by atoms with E-state index < -0.39 is 5.92 Å². The fourth-order valence-corrected chi connectivity index (χ4v) is 5.53. The summed E-state index contributed by atoms with van der Waals surface area (Å²) in [6, 6.07) is 5.41. The van der Waals surface area contributed by atoms with Crippen molar-refractivity contribution in [2.24, 2.45) is 11.8 Å². The maximum Gasteiger partial charge on any atom is 0.167 e. The molecule has 1 heterocycles. The average Bonchev–Trinajstić information content (AvgIpc) is 2.72.